The van der Waals surface area contributed by atoms with Gasteiger partial charge in [0.1, 0.15) is 0 Å². The van der Waals surface area contributed by atoms with Crippen LogP contribution in [0.4, 0.5) is 34.1 Å². The number of para-hydroxylation sites is 3. The summed E-state index contributed by atoms with van der Waals surface area (Å²) in [5.41, 5.74) is 17.8. The summed E-state index contributed by atoms with van der Waals surface area (Å²) >= 11 is 3.85. The first-order chi connectivity index (χ1) is 28.2. The van der Waals surface area contributed by atoms with E-state index in [4.69, 9.17) is 0 Å². The summed E-state index contributed by atoms with van der Waals surface area (Å²) in [4.78, 5) is 5.22. The molecule has 6 heterocycles. The van der Waals surface area contributed by atoms with Gasteiger partial charge in [0.2, 0.25) is 0 Å². The van der Waals surface area contributed by atoms with Crippen LogP contribution in [0.2, 0.25) is 0 Å². The smallest absolute Gasteiger partial charge is 0.264 e. The van der Waals surface area contributed by atoms with Gasteiger partial charge in [0, 0.05) is 62.9 Å². The average molecular weight is 760 g/mol. The van der Waals surface area contributed by atoms with Crippen LogP contribution in [-0.2, 0) is 0 Å². The van der Waals surface area contributed by atoms with Gasteiger partial charge < -0.3 is 14.4 Å². The van der Waals surface area contributed by atoms with Crippen molar-refractivity contribution in [2.75, 3.05) is 9.80 Å². The van der Waals surface area contributed by atoms with E-state index in [1.807, 2.05) is 22.7 Å². The second-order valence-corrected chi connectivity index (χ2v) is 17.9. The molecule has 3 aliphatic heterocycles. The molecule has 0 aliphatic carbocycles. The third-order valence-corrected chi connectivity index (χ3v) is 15.1. The fourth-order valence-electron chi connectivity index (χ4n) is 10.4. The molecule has 14 rings (SSSR count). The third kappa shape index (κ3) is 3.87. The summed E-state index contributed by atoms with van der Waals surface area (Å²) < 4.78 is 7.89. The molecule has 0 atom stereocenters. The van der Waals surface area contributed by atoms with E-state index < -0.39 is 0 Å². The van der Waals surface area contributed by atoms with E-state index >= 15 is 0 Å². The van der Waals surface area contributed by atoms with Gasteiger partial charge in [0.25, 0.3) is 6.71 Å². The van der Waals surface area contributed by atoms with Crippen molar-refractivity contribution in [1.29, 1.82) is 0 Å². The number of aromatic nitrogens is 1. The lowest BCUT2D eigenvalue weighted by Crippen LogP contribution is -2.61. The Labute approximate surface area is 337 Å². The molecule has 0 radical (unpaired) electrons. The van der Waals surface area contributed by atoms with Crippen molar-refractivity contribution in [2.45, 2.75) is 6.92 Å². The molecule has 3 aliphatic rings. The van der Waals surface area contributed by atoms with Gasteiger partial charge in [-0.15, -0.1) is 22.7 Å². The molecule has 11 aromatic rings. The highest BCUT2D eigenvalue weighted by atomic mass is 32.1. The second kappa shape index (κ2) is 10.8. The van der Waals surface area contributed by atoms with E-state index in [-0.39, 0.29) is 6.71 Å². The zero-order valence-corrected chi connectivity index (χ0v) is 32.5. The first-order valence-electron chi connectivity index (χ1n) is 19.6. The van der Waals surface area contributed by atoms with Crippen LogP contribution < -0.4 is 25.5 Å². The summed E-state index contributed by atoms with van der Waals surface area (Å²) in [6, 6.07) is 61.7. The Morgan fingerprint density at radius 2 is 1.18 bits per heavy atom. The minimum atomic E-state index is 0.0684. The first-order valence-corrected chi connectivity index (χ1v) is 21.3. The van der Waals surface area contributed by atoms with Crippen molar-refractivity contribution in [1.82, 2.24) is 4.57 Å². The fourth-order valence-corrected chi connectivity index (χ4v) is 12.8. The summed E-state index contributed by atoms with van der Waals surface area (Å²) in [6.45, 7) is 2.34. The number of thiophene rings is 2. The fraction of sp³-hybridized carbons (Fsp3) is 0.0196. The number of nitrogens with zero attached hydrogens (tertiary/aromatic N) is 3. The molecule has 0 fully saturated rings. The van der Waals surface area contributed by atoms with Crippen LogP contribution >= 0.6 is 22.7 Å². The number of benzene rings is 8. The van der Waals surface area contributed by atoms with Gasteiger partial charge in [-0.25, -0.2) is 0 Å². The third-order valence-electron chi connectivity index (χ3n) is 12.7. The molecular weight excluding hydrogens is 730 g/mol. The van der Waals surface area contributed by atoms with Crippen molar-refractivity contribution in [3.63, 3.8) is 0 Å². The molecule has 0 spiro atoms. The van der Waals surface area contributed by atoms with Crippen molar-refractivity contribution in [2.24, 2.45) is 0 Å². The van der Waals surface area contributed by atoms with E-state index in [9.17, 15) is 0 Å². The Kier molecular flexibility index (Phi) is 5.81. The number of hydrogen-bond donors (Lipinski definition) is 0. The minimum absolute atomic E-state index is 0.0684. The Bertz CT molecular complexity index is 3580. The molecule has 57 heavy (non-hydrogen) atoms. The molecule has 264 valence electrons. The van der Waals surface area contributed by atoms with E-state index in [1.54, 1.807) is 0 Å². The summed E-state index contributed by atoms with van der Waals surface area (Å²) in [5, 5.41) is 6.52. The SMILES string of the molecule is Cc1cc2c3c(c1)N1c4c(cccc4-n4c5ccccc5c5cccc1c54)B3c1sc3ccc(-c4ccccc4)cc3c1N2c1ccc2sc3ccccc3c2c1. The van der Waals surface area contributed by atoms with Gasteiger partial charge in [-0.05, 0) is 101 Å². The molecular formula is C51H30BN3S2. The quantitative estimate of drug-likeness (QED) is 0.163. The monoisotopic (exact) mass is 759 g/mol. The highest BCUT2D eigenvalue weighted by Gasteiger charge is 2.47. The molecule has 0 saturated heterocycles. The van der Waals surface area contributed by atoms with Gasteiger partial charge in [-0.2, -0.15) is 0 Å². The van der Waals surface area contributed by atoms with Crippen LogP contribution in [0.5, 0.6) is 0 Å². The Balaban J connectivity index is 1.12. The van der Waals surface area contributed by atoms with Crippen LogP contribution in [-0.4, -0.2) is 11.3 Å². The lowest BCUT2D eigenvalue weighted by atomic mass is 9.36. The number of rotatable bonds is 2. The van der Waals surface area contributed by atoms with Crippen molar-refractivity contribution < 1.29 is 0 Å². The molecule has 3 aromatic heterocycles. The number of hydrogen-bond acceptors (Lipinski definition) is 4. The summed E-state index contributed by atoms with van der Waals surface area (Å²) in [7, 11) is 0. The largest absolute Gasteiger partial charge is 0.310 e. The number of fused-ring (bicyclic) bond motifs is 14. The molecule has 8 aromatic carbocycles. The Hall–Kier alpha value is -6.60. The number of aryl methyl sites for hydroxylation is 1. The predicted molar refractivity (Wildman–Crippen MR) is 247 cm³/mol. The maximum absolute atomic E-state index is 2.62. The standard InChI is InChI=1S/C51H30BN3S2/c1-29-25-42-47-43(26-29)55-40-18-9-15-35-33-13-5-7-17-39(33)54(48(35)40)41-19-10-16-38(50(41)55)52(47)51-49(37-27-31(21-23-46(37)57-51)30-11-3-2-4-12-30)53(42)32-22-24-45-36(28-32)34-14-6-8-20-44(34)56-45/h2-28H,1H3. The first kappa shape index (κ1) is 30.6. The maximum Gasteiger partial charge on any atom is 0.264 e. The Morgan fingerprint density at radius 1 is 0.456 bits per heavy atom. The molecule has 0 N–H and O–H groups in total. The Morgan fingerprint density at radius 3 is 2.09 bits per heavy atom. The summed E-state index contributed by atoms with van der Waals surface area (Å²) in [5.74, 6) is 0. The van der Waals surface area contributed by atoms with Crippen molar-refractivity contribution >= 4 is 131 Å². The maximum atomic E-state index is 2.62. The molecule has 6 heteroatoms. The van der Waals surface area contributed by atoms with E-state index in [1.165, 1.54) is 124 Å². The normalized spacial score (nSPS) is 13.6. The predicted octanol–water partition coefficient (Wildman–Crippen LogP) is 12.7. The minimum Gasteiger partial charge on any atom is -0.310 e. The van der Waals surface area contributed by atoms with E-state index in [0.717, 1.165) is 0 Å². The van der Waals surface area contributed by atoms with Crippen LogP contribution in [0.25, 0.3) is 68.9 Å². The lowest BCUT2D eigenvalue weighted by Gasteiger charge is -2.45. The van der Waals surface area contributed by atoms with E-state index in [2.05, 4.69) is 185 Å². The van der Waals surface area contributed by atoms with Crippen LogP contribution in [0.1, 0.15) is 5.56 Å². The van der Waals surface area contributed by atoms with Crippen molar-refractivity contribution in [3.8, 4) is 16.8 Å². The average Bonchev–Trinajstić information content (AvgIpc) is 3.93. The van der Waals surface area contributed by atoms with Gasteiger partial charge in [-0.3, -0.25) is 0 Å². The van der Waals surface area contributed by atoms with Gasteiger partial charge >= 0.3 is 0 Å². The van der Waals surface area contributed by atoms with Crippen LogP contribution in [0.15, 0.2) is 164 Å². The molecule has 0 unspecified atom stereocenters. The highest BCUT2D eigenvalue weighted by Crippen LogP contribution is 2.54. The summed E-state index contributed by atoms with van der Waals surface area (Å²) in [6.07, 6.45) is 0. The van der Waals surface area contributed by atoms with Gasteiger partial charge in [0.05, 0.1) is 33.8 Å². The van der Waals surface area contributed by atoms with Gasteiger partial charge in [0.15, 0.2) is 0 Å². The molecule has 0 amide bonds. The zero-order chi connectivity index (χ0) is 37.1. The zero-order valence-electron chi connectivity index (χ0n) is 30.8. The number of anilines is 6. The van der Waals surface area contributed by atoms with Crippen LogP contribution in [0, 0.1) is 6.92 Å². The second-order valence-electron chi connectivity index (χ2n) is 15.7. The lowest BCUT2D eigenvalue weighted by molar-refractivity contribution is 1.11. The molecule has 3 nitrogen and oxygen atoms in total. The molecule has 0 saturated carbocycles. The topological polar surface area (TPSA) is 11.4 Å². The van der Waals surface area contributed by atoms with E-state index in [0.29, 0.717) is 0 Å². The molecule has 0 bridgehead atoms. The van der Waals surface area contributed by atoms with Crippen molar-refractivity contribution in [3.05, 3.63) is 169 Å². The van der Waals surface area contributed by atoms with Gasteiger partial charge in [-0.1, -0.05) is 97.1 Å². The highest BCUT2D eigenvalue weighted by molar-refractivity contribution is 7.33. The van der Waals surface area contributed by atoms with Crippen LogP contribution in [0.3, 0.4) is 0 Å².